The highest BCUT2D eigenvalue weighted by Crippen LogP contribution is 2.29. The molecule has 0 fully saturated rings. The Kier molecular flexibility index (Phi) is 4.74. The monoisotopic (exact) mass is 271 g/mol. The Morgan fingerprint density at radius 2 is 1.89 bits per heavy atom. The Bertz CT molecular complexity index is 541. The molecule has 102 valence electrons. The Morgan fingerprint density at radius 3 is 2.42 bits per heavy atom. The van der Waals surface area contributed by atoms with Gasteiger partial charge in [-0.25, -0.2) is 18.0 Å². The zero-order chi connectivity index (χ0) is 14.6. The number of carboxylic acid groups (broad SMARTS) is 1. The van der Waals surface area contributed by atoms with Crippen molar-refractivity contribution in [3.05, 3.63) is 59.6 Å². The van der Waals surface area contributed by atoms with Crippen LogP contribution in [0.2, 0.25) is 0 Å². The molecule has 1 aromatic carbocycles. The van der Waals surface area contributed by atoms with Crippen LogP contribution in [0.1, 0.15) is 17.9 Å². The number of rotatable bonds is 5. The SMILES string of the molecule is C=CCC(/C(N)=C\C(=O)O)c1cc(F)c(F)cc1F. The van der Waals surface area contributed by atoms with Crippen molar-refractivity contribution in [2.45, 2.75) is 12.3 Å². The van der Waals surface area contributed by atoms with Crippen LogP contribution >= 0.6 is 0 Å². The van der Waals surface area contributed by atoms with Gasteiger partial charge in [0.15, 0.2) is 11.6 Å². The maximum absolute atomic E-state index is 13.6. The molecule has 0 heterocycles. The molecule has 0 saturated heterocycles. The molecule has 1 rings (SSSR count). The number of hydrogen-bond acceptors (Lipinski definition) is 2. The molecule has 6 heteroatoms. The fourth-order valence-electron chi connectivity index (χ4n) is 1.66. The van der Waals surface area contributed by atoms with Crippen molar-refractivity contribution in [1.29, 1.82) is 0 Å². The third-order valence-corrected chi connectivity index (χ3v) is 2.51. The summed E-state index contributed by atoms with van der Waals surface area (Å²) in [6.07, 6.45) is 2.17. The van der Waals surface area contributed by atoms with Crippen molar-refractivity contribution in [3.8, 4) is 0 Å². The van der Waals surface area contributed by atoms with Crippen LogP contribution in [0.25, 0.3) is 0 Å². The molecule has 1 aromatic rings. The number of nitrogens with two attached hydrogens (primary N) is 1. The average molecular weight is 271 g/mol. The third-order valence-electron chi connectivity index (χ3n) is 2.51. The van der Waals surface area contributed by atoms with Crippen molar-refractivity contribution in [2.75, 3.05) is 0 Å². The average Bonchev–Trinajstić information content (AvgIpc) is 2.30. The van der Waals surface area contributed by atoms with Gasteiger partial charge in [-0.15, -0.1) is 6.58 Å². The smallest absolute Gasteiger partial charge is 0.330 e. The van der Waals surface area contributed by atoms with Crippen LogP contribution in [0.15, 0.2) is 36.6 Å². The second-order valence-corrected chi connectivity index (χ2v) is 3.85. The van der Waals surface area contributed by atoms with Crippen LogP contribution in [0.5, 0.6) is 0 Å². The standard InChI is InChI=1S/C13H12F3NO2/c1-2-3-7(12(17)6-13(18)19)8-4-10(15)11(16)5-9(8)14/h2,4-7H,1,3,17H2,(H,18,19)/b12-6+. The second kappa shape index (κ2) is 6.08. The summed E-state index contributed by atoms with van der Waals surface area (Å²) in [4.78, 5) is 10.5. The van der Waals surface area contributed by atoms with Crippen molar-refractivity contribution in [2.24, 2.45) is 5.73 Å². The van der Waals surface area contributed by atoms with E-state index >= 15 is 0 Å². The quantitative estimate of drug-likeness (QED) is 0.491. The maximum Gasteiger partial charge on any atom is 0.330 e. The summed E-state index contributed by atoms with van der Waals surface area (Å²) in [5.74, 6) is -5.77. The first-order chi connectivity index (χ1) is 8.86. The molecule has 0 saturated carbocycles. The van der Waals surface area contributed by atoms with Crippen molar-refractivity contribution >= 4 is 5.97 Å². The van der Waals surface area contributed by atoms with E-state index in [9.17, 15) is 18.0 Å². The lowest BCUT2D eigenvalue weighted by Gasteiger charge is -2.17. The van der Waals surface area contributed by atoms with Crippen LogP contribution in [-0.4, -0.2) is 11.1 Å². The Balaban J connectivity index is 3.30. The van der Waals surface area contributed by atoms with Crippen molar-refractivity contribution in [3.63, 3.8) is 0 Å². The van der Waals surface area contributed by atoms with Crippen LogP contribution in [0, 0.1) is 17.5 Å². The molecule has 19 heavy (non-hydrogen) atoms. The summed E-state index contributed by atoms with van der Waals surface area (Å²) < 4.78 is 39.6. The molecule has 1 unspecified atom stereocenters. The van der Waals surface area contributed by atoms with Crippen LogP contribution in [-0.2, 0) is 4.79 Å². The highest BCUT2D eigenvalue weighted by atomic mass is 19.2. The predicted octanol–water partition coefficient (Wildman–Crippen LogP) is 2.69. The Labute approximate surface area is 107 Å². The van der Waals surface area contributed by atoms with Gasteiger partial charge in [-0.3, -0.25) is 0 Å². The largest absolute Gasteiger partial charge is 0.478 e. The first kappa shape index (κ1) is 14.8. The first-order valence-corrected chi connectivity index (χ1v) is 5.32. The summed E-state index contributed by atoms with van der Waals surface area (Å²) in [5, 5.41) is 8.61. The molecule has 3 nitrogen and oxygen atoms in total. The third kappa shape index (κ3) is 3.61. The predicted molar refractivity (Wildman–Crippen MR) is 63.8 cm³/mol. The molecule has 0 spiro atoms. The summed E-state index contributed by atoms with van der Waals surface area (Å²) in [5.41, 5.74) is 5.16. The lowest BCUT2D eigenvalue weighted by molar-refractivity contribution is -0.131. The van der Waals surface area contributed by atoms with E-state index in [0.717, 1.165) is 0 Å². The highest BCUT2D eigenvalue weighted by molar-refractivity contribution is 5.80. The van der Waals surface area contributed by atoms with Gasteiger partial charge in [0, 0.05) is 29.3 Å². The Hall–Kier alpha value is -2.24. The van der Waals surface area contributed by atoms with Gasteiger partial charge in [-0.2, -0.15) is 0 Å². The first-order valence-electron chi connectivity index (χ1n) is 5.32. The van der Waals surface area contributed by atoms with Crippen LogP contribution < -0.4 is 5.73 Å². The highest BCUT2D eigenvalue weighted by Gasteiger charge is 2.20. The number of carbonyl (C=O) groups is 1. The summed E-state index contributed by atoms with van der Waals surface area (Å²) >= 11 is 0. The van der Waals surface area contributed by atoms with Gasteiger partial charge in [0.25, 0.3) is 0 Å². The number of hydrogen-bond donors (Lipinski definition) is 2. The summed E-state index contributed by atoms with van der Waals surface area (Å²) in [6.45, 7) is 3.44. The van der Waals surface area contributed by atoms with E-state index in [1.165, 1.54) is 6.08 Å². The van der Waals surface area contributed by atoms with Gasteiger partial charge >= 0.3 is 5.97 Å². The minimum atomic E-state index is -1.32. The molecule has 0 bridgehead atoms. The topological polar surface area (TPSA) is 63.3 Å². The minimum absolute atomic E-state index is 0.0948. The van der Waals surface area contributed by atoms with E-state index in [1.807, 2.05) is 0 Å². The zero-order valence-electron chi connectivity index (χ0n) is 9.87. The van der Waals surface area contributed by atoms with E-state index in [0.29, 0.717) is 18.2 Å². The van der Waals surface area contributed by atoms with Gasteiger partial charge in [0.05, 0.1) is 0 Å². The fourth-order valence-corrected chi connectivity index (χ4v) is 1.66. The van der Waals surface area contributed by atoms with Crippen LogP contribution in [0.4, 0.5) is 13.2 Å². The van der Waals surface area contributed by atoms with Gasteiger partial charge in [0.2, 0.25) is 0 Å². The van der Waals surface area contributed by atoms with E-state index < -0.39 is 29.3 Å². The number of allylic oxidation sites excluding steroid dienone is 2. The molecule has 0 radical (unpaired) electrons. The van der Waals surface area contributed by atoms with E-state index in [-0.39, 0.29) is 17.7 Å². The second-order valence-electron chi connectivity index (χ2n) is 3.85. The normalized spacial score (nSPS) is 13.1. The van der Waals surface area contributed by atoms with E-state index in [1.54, 1.807) is 0 Å². The number of aliphatic carboxylic acids is 1. The van der Waals surface area contributed by atoms with Gasteiger partial charge in [-0.1, -0.05) is 6.08 Å². The van der Waals surface area contributed by atoms with Gasteiger partial charge < -0.3 is 10.8 Å². The molecule has 1 atom stereocenters. The summed E-state index contributed by atoms with van der Waals surface area (Å²) in [6, 6.07) is 1.07. The lowest BCUT2D eigenvalue weighted by atomic mass is 9.91. The van der Waals surface area contributed by atoms with E-state index in [2.05, 4.69) is 6.58 Å². The maximum atomic E-state index is 13.6. The molecule has 0 aromatic heterocycles. The molecular weight excluding hydrogens is 259 g/mol. The molecule has 0 aliphatic heterocycles. The van der Waals surface area contributed by atoms with Crippen molar-refractivity contribution in [1.82, 2.24) is 0 Å². The molecule has 0 aliphatic rings. The lowest BCUT2D eigenvalue weighted by Crippen LogP contribution is -2.14. The van der Waals surface area contributed by atoms with Crippen LogP contribution in [0.3, 0.4) is 0 Å². The molecule has 0 amide bonds. The Morgan fingerprint density at radius 1 is 1.32 bits per heavy atom. The van der Waals surface area contributed by atoms with E-state index in [4.69, 9.17) is 10.8 Å². The number of carboxylic acids is 1. The minimum Gasteiger partial charge on any atom is -0.478 e. The molecule has 3 N–H and O–H groups in total. The van der Waals surface area contributed by atoms with Crippen molar-refractivity contribution < 1.29 is 23.1 Å². The molecule has 0 aliphatic carbocycles. The summed E-state index contributed by atoms with van der Waals surface area (Å²) in [7, 11) is 0. The number of benzene rings is 1. The number of halogens is 3. The zero-order valence-corrected chi connectivity index (χ0v) is 9.87. The van der Waals surface area contributed by atoms with Gasteiger partial charge in [0.1, 0.15) is 5.82 Å². The van der Waals surface area contributed by atoms with Gasteiger partial charge in [-0.05, 0) is 12.5 Å². The fraction of sp³-hybridized carbons (Fsp3) is 0.154. The molecular formula is C13H12F3NO2.